The van der Waals surface area contributed by atoms with E-state index in [2.05, 4.69) is 10.1 Å². The first-order valence-electron chi connectivity index (χ1n) is 5.96. The smallest absolute Gasteiger partial charge is 0.387 e. The van der Waals surface area contributed by atoms with Gasteiger partial charge >= 0.3 is 6.61 Å². The van der Waals surface area contributed by atoms with Gasteiger partial charge in [0.1, 0.15) is 5.75 Å². The number of anilines is 3. The molecule has 0 heterocycles. The SMILES string of the molecule is Nc1ccc(Nc2ccccc2OC(F)F)c(C(F)F)c1. The summed E-state index contributed by atoms with van der Waals surface area (Å²) >= 11 is 0. The van der Waals surface area contributed by atoms with Crippen LogP contribution < -0.4 is 15.8 Å². The number of nitrogen functional groups attached to an aromatic ring is 1. The standard InChI is InChI=1S/C14H12F4N2O/c15-13(16)9-7-8(19)5-6-10(9)20-11-3-1-2-4-12(11)21-14(17)18/h1-7,13-14,20H,19H2. The summed E-state index contributed by atoms with van der Waals surface area (Å²) in [6, 6.07) is 9.75. The van der Waals surface area contributed by atoms with E-state index in [-0.39, 0.29) is 28.4 Å². The van der Waals surface area contributed by atoms with Gasteiger partial charge in [0.05, 0.1) is 5.69 Å². The highest BCUT2D eigenvalue weighted by atomic mass is 19.3. The summed E-state index contributed by atoms with van der Waals surface area (Å²) in [5, 5.41) is 2.66. The lowest BCUT2D eigenvalue weighted by molar-refractivity contribution is -0.0493. The first-order valence-corrected chi connectivity index (χ1v) is 5.96. The normalized spacial score (nSPS) is 11.0. The van der Waals surface area contributed by atoms with Gasteiger partial charge in [-0.2, -0.15) is 8.78 Å². The largest absolute Gasteiger partial charge is 0.433 e. The Labute approximate surface area is 118 Å². The Balaban J connectivity index is 2.34. The van der Waals surface area contributed by atoms with Crippen molar-refractivity contribution >= 4 is 17.1 Å². The number of benzene rings is 2. The topological polar surface area (TPSA) is 47.3 Å². The summed E-state index contributed by atoms with van der Waals surface area (Å²) in [5.41, 5.74) is 5.57. The maximum Gasteiger partial charge on any atom is 0.387 e. The van der Waals surface area contributed by atoms with E-state index in [0.29, 0.717) is 0 Å². The molecule has 0 aromatic heterocycles. The second kappa shape index (κ2) is 6.34. The number of alkyl halides is 4. The summed E-state index contributed by atoms with van der Waals surface area (Å²) < 4.78 is 54.9. The monoisotopic (exact) mass is 300 g/mol. The molecule has 0 saturated heterocycles. The van der Waals surface area contributed by atoms with Gasteiger partial charge < -0.3 is 15.8 Å². The zero-order valence-corrected chi connectivity index (χ0v) is 10.7. The van der Waals surface area contributed by atoms with Crippen LogP contribution in [0.4, 0.5) is 34.6 Å². The molecule has 0 saturated carbocycles. The van der Waals surface area contributed by atoms with Crippen LogP contribution in [0.2, 0.25) is 0 Å². The van der Waals surface area contributed by atoms with Crippen LogP contribution in [0.25, 0.3) is 0 Å². The zero-order valence-electron chi connectivity index (χ0n) is 10.7. The van der Waals surface area contributed by atoms with Gasteiger partial charge in [0, 0.05) is 16.9 Å². The predicted octanol–water partition coefficient (Wildman–Crippen LogP) is 4.55. The van der Waals surface area contributed by atoms with E-state index >= 15 is 0 Å². The summed E-state index contributed by atoms with van der Waals surface area (Å²) in [4.78, 5) is 0. The fraction of sp³-hybridized carbons (Fsp3) is 0.143. The first-order chi connectivity index (χ1) is 9.97. The van der Waals surface area contributed by atoms with E-state index in [1.807, 2.05) is 0 Å². The van der Waals surface area contributed by atoms with Crippen LogP contribution in [0.3, 0.4) is 0 Å². The lowest BCUT2D eigenvalue weighted by Gasteiger charge is -2.15. The highest BCUT2D eigenvalue weighted by Crippen LogP contribution is 2.34. The van der Waals surface area contributed by atoms with E-state index in [4.69, 9.17) is 5.73 Å². The van der Waals surface area contributed by atoms with Crippen molar-refractivity contribution in [2.24, 2.45) is 0 Å². The summed E-state index contributed by atoms with van der Waals surface area (Å²) in [6.45, 7) is -3.01. The molecule has 0 aliphatic carbocycles. The van der Waals surface area contributed by atoms with Crippen LogP contribution in [0, 0.1) is 0 Å². The van der Waals surface area contributed by atoms with Crippen molar-refractivity contribution in [3.05, 3.63) is 48.0 Å². The van der Waals surface area contributed by atoms with Crippen LogP contribution in [0.5, 0.6) is 5.75 Å². The maximum absolute atomic E-state index is 13.0. The Morgan fingerprint density at radius 2 is 1.67 bits per heavy atom. The van der Waals surface area contributed by atoms with Crippen molar-refractivity contribution in [1.82, 2.24) is 0 Å². The van der Waals surface area contributed by atoms with Gasteiger partial charge in [-0.3, -0.25) is 0 Å². The van der Waals surface area contributed by atoms with Gasteiger partial charge in [0.25, 0.3) is 6.43 Å². The lowest BCUT2D eigenvalue weighted by Crippen LogP contribution is -2.05. The van der Waals surface area contributed by atoms with Crippen molar-refractivity contribution in [3.8, 4) is 5.75 Å². The van der Waals surface area contributed by atoms with Gasteiger partial charge in [0.15, 0.2) is 0 Å². The summed E-state index contributed by atoms with van der Waals surface area (Å²) in [5.74, 6) is -0.135. The Bertz CT molecular complexity index is 620. The molecule has 0 spiro atoms. The van der Waals surface area contributed by atoms with Crippen LogP contribution in [0.1, 0.15) is 12.0 Å². The summed E-state index contributed by atoms with van der Waals surface area (Å²) in [6.07, 6.45) is -2.75. The van der Waals surface area contributed by atoms with E-state index in [9.17, 15) is 17.6 Å². The van der Waals surface area contributed by atoms with Gasteiger partial charge in [-0.1, -0.05) is 12.1 Å². The van der Waals surface area contributed by atoms with Gasteiger partial charge in [0.2, 0.25) is 0 Å². The molecular formula is C14H12F4N2O. The molecule has 3 nitrogen and oxygen atoms in total. The minimum absolute atomic E-state index is 0.0736. The van der Waals surface area contributed by atoms with Crippen LogP contribution >= 0.6 is 0 Å². The maximum atomic E-state index is 13.0. The highest BCUT2D eigenvalue weighted by molar-refractivity contribution is 5.70. The average molecular weight is 300 g/mol. The zero-order chi connectivity index (χ0) is 15.4. The van der Waals surface area contributed by atoms with Crippen molar-refractivity contribution in [3.63, 3.8) is 0 Å². The fourth-order valence-electron chi connectivity index (χ4n) is 1.79. The van der Waals surface area contributed by atoms with Crippen molar-refractivity contribution in [1.29, 1.82) is 0 Å². The third kappa shape index (κ3) is 3.77. The van der Waals surface area contributed by atoms with Gasteiger partial charge in [-0.15, -0.1) is 0 Å². The molecular weight excluding hydrogens is 288 g/mol. The lowest BCUT2D eigenvalue weighted by atomic mass is 10.1. The Hall–Kier alpha value is -2.44. The molecule has 0 aliphatic heterocycles. The van der Waals surface area contributed by atoms with Crippen molar-refractivity contribution < 1.29 is 22.3 Å². The van der Waals surface area contributed by atoms with Crippen molar-refractivity contribution in [2.75, 3.05) is 11.1 Å². The Kier molecular flexibility index (Phi) is 4.52. The first kappa shape index (κ1) is 15.0. The summed E-state index contributed by atoms with van der Waals surface area (Å²) in [7, 11) is 0. The molecule has 2 aromatic carbocycles. The number of rotatable bonds is 5. The molecule has 112 valence electrons. The van der Waals surface area contributed by atoms with Gasteiger partial charge in [-0.05, 0) is 30.3 Å². The van der Waals surface area contributed by atoms with Gasteiger partial charge in [-0.25, -0.2) is 8.78 Å². The third-order valence-corrected chi connectivity index (χ3v) is 2.68. The molecule has 0 bridgehead atoms. The van der Waals surface area contributed by atoms with E-state index in [1.165, 1.54) is 30.3 Å². The van der Waals surface area contributed by atoms with E-state index < -0.39 is 13.0 Å². The van der Waals surface area contributed by atoms with Crippen LogP contribution in [-0.4, -0.2) is 6.61 Å². The quantitative estimate of drug-likeness (QED) is 0.629. The number of hydrogen-bond acceptors (Lipinski definition) is 3. The molecule has 21 heavy (non-hydrogen) atoms. The number of para-hydroxylation sites is 2. The number of halogens is 4. The number of nitrogens with one attached hydrogen (secondary N) is 1. The minimum atomic E-state index is -3.01. The Morgan fingerprint density at radius 3 is 2.33 bits per heavy atom. The average Bonchev–Trinajstić information content (AvgIpc) is 2.42. The van der Waals surface area contributed by atoms with E-state index in [0.717, 1.165) is 6.07 Å². The number of ether oxygens (including phenoxy) is 1. The molecule has 0 amide bonds. The molecule has 0 radical (unpaired) electrons. The van der Waals surface area contributed by atoms with E-state index in [1.54, 1.807) is 6.07 Å². The molecule has 2 rings (SSSR count). The van der Waals surface area contributed by atoms with Crippen LogP contribution in [0.15, 0.2) is 42.5 Å². The second-order valence-electron chi connectivity index (χ2n) is 4.15. The van der Waals surface area contributed by atoms with Crippen molar-refractivity contribution in [2.45, 2.75) is 13.0 Å². The fourth-order valence-corrected chi connectivity index (χ4v) is 1.79. The number of nitrogens with two attached hydrogens (primary N) is 1. The molecule has 2 aromatic rings. The van der Waals surface area contributed by atoms with Crippen LogP contribution in [-0.2, 0) is 0 Å². The molecule has 0 atom stereocenters. The minimum Gasteiger partial charge on any atom is -0.433 e. The third-order valence-electron chi connectivity index (χ3n) is 2.68. The predicted molar refractivity (Wildman–Crippen MR) is 72.2 cm³/mol. The molecule has 3 N–H and O–H groups in total. The highest BCUT2D eigenvalue weighted by Gasteiger charge is 2.15. The Morgan fingerprint density at radius 1 is 0.952 bits per heavy atom. The molecule has 7 heteroatoms. The molecule has 0 unspecified atom stereocenters. The second-order valence-corrected chi connectivity index (χ2v) is 4.15. The number of hydrogen-bond donors (Lipinski definition) is 2. The molecule has 0 aliphatic rings. The molecule has 0 fully saturated rings.